The third-order valence-electron chi connectivity index (χ3n) is 3.60. The average Bonchev–Trinajstić information content (AvgIpc) is 2.62. The van der Waals surface area contributed by atoms with Gasteiger partial charge in [0.1, 0.15) is 12.3 Å². The molecule has 0 bridgehead atoms. The number of carbonyl (C=O) groups excluding carboxylic acids is 3. The van der Waals surface area contributed by atoms with Gasteiger partial charge in [-0.3, -0.25) is 14.6 Å². The average molecular weight is 339 g/mol. The lowest BCUT2D eigenvalue weighted by Crippen LogP contribution is -2.50. The molecule has 1 unspecified atom stereocenters. The number of benzene rings is 1. The summed E-state index contributed by atoms with van der Waals surface area (Å²) in [5, 5.41) is 5.33. The van der Waals surface area contributed by atoms with Gasteiger partial charge in [-0.15, -0.1) is 0 Å². The predicted molar refractivity (Wildman–Crippen MR) is 93.7 cm³/mol. The first-order valence-electron chi connectivity index (χ1n) is 8.06. The van der Waals surface area contributed by atoms with Gasteiger partial charge < -0.3 is 15.4 Å². The van der Waals surface area contributed by atoms with Crippen molar-refractivity contribution in [3.63, 3.8) is 0 Å². The zero-order valence-corrected chi connectivity index (χ0v) is 14.0. The number of rotatable bonds is 8. The molecule has 2 aromatic rings. The molecule has 2 N–H and O–H groups in total. The van der Waals surface area contributed by atoms with Gasteiger partial charge in [0.25, 0.3) is 0 Å². The number of nitrogens with zero attached hydrogens (tertiary/aromatic N) is 1. The lowest BCUT2D eigenvalue weighted by atomic mass is 10.1. The Balaban J connectivity index is 2.06. The molecule has 0 aliphatic rings. The van der Waals surface area contributed by atoms with Crippen LogP contribution in [0.5, 0.6) is 0 Å². The summed E-state index contributed by atoms with van der Waals surface area (Å²) in [6.07, 6.45) is 4.41. The molecular weight excluding hydrogens is 318 g/mol. The Morgan fingerprint density at radius 2 is 1.80 bits per heavy atom. The highest BCUT2D eigenvalue weighted by atomic mass is 16.2. The van der Waals surface area contributed by atoms with E-state index in [0.717, 1.165) is 11.1 Å². The van der Waals surface area contributed by atoms with Gasteiger partial charge >= 0.3 is 0 Å². The minimum absolute atomic E-state index is 0.181. The van der Waals surface area contributed by atoms with Crippen molar-refractivity contribution in [2.45, 2.75) is 31.8 Å². The van der Waals surface area contributed by atoms with Crippen LogP contribution in [0.4, 0.5) is 0 Å². The maximum atomic E-state index is 12.4. The molecule has 1 heterocycles. The van der Waals surface area contributed by atoms with Gasteiger partial charge in [0, 0.05) is 18.8 Å². The van der Waals surface area contributed by atoms with Crippen molar-refractivity contribution >= 4 is 18.1 Å². The highest BCUT2D eigenvalue weighted by molar-refractivity contribution is 5.89. The van der Waals surface area contributed by atoms with Gasteiger partial charge in [-0.05, 0) is 24.1 Å². The Labute approximate surface area is 146 Å². The van der Waals surface area contributed by atoms with Gasteiger partial charge in [-0.2, -0.15) is 0 Å². The largest absolute Gasteiger partial charge is 0.345 e. The smallest absolute Gasteiger partial charge is 0.243 e. The van der Waals surface area contributed by atoms with E-state index in [9.17, 15) is 14.4 Å². The first-order chi connectivity index (χ1) is 12.1. The number of amides is 2. The predicted octanol–water partition coefficient (Wildman–Crippen LogP) is 1.06. The molecule has 1 aromatic carbocycles. The summed E-state index contributed by atoms with van der Waals surface area (Å²) in [5.74, 6) is -0.654. The monoisotopic (exact) mass is 339 g/mol. The fraction of sp³-hybridized carbons (Fsp3) is 0.263. The van der Waals surface area contributed by atoms with E-state index in [1.807, 2.05) is 36.4 Å². The second-order valence-corrected chi connectivity index (χ2v) is 5.78. The van der Waals surface area contributed by atoms with Crippen molar-refractivity contribution in [1.82, 2.24) is 15.6 Å². The number of hydrogen-bond donors (Lipinski definition) is 2. The van der Waals surface area contributed by atoms with Crippen LogP contribution in [0.25, 0.3) is 0 Å². The van der Waals surface area contributed by atoms with Gasteiger partial charge in [-0.25, -0.2) is 0 Å². The van der Waals surface area contributed by atoms with Crippen LogP contribution in [-0.4, -0.2) is 35.2 Å². The zero-order valence-electron chi connectivity index (χ0n) is 14.0. The fourth-order valence-electron chi connectivity index (χ4n) is 2.35. The molecule has 0 saturated carbocycles. The van der Waals surface area contributed by atoms with Crippen molar-refractivity contribution < 1.29 is 14.4 Å². The molecular formula is C19H21N3O3. The van der Waals surface area contributed by atoms with Crippen molar-refractivity contribution in [1.29, 1.82) is 0 Å². The quantitative estimate of drug-likeness (QED) is 0.704. The van der Waals surface area contributed by atoms with Gasteiger partial charge in [0.2, 0.25) is 11.8 Å². The summed E-state index contributed by atoms with van der Waals surface area (Å²) in [7, 11) is 0. The van der Waals surface area contributed by atoms with Crippen molar-refractivity contribution in [2.24, 2.45) is 0 Å². The lowest BCUT2D eigenvalue weighted by Gasteiger charge is -2.19. The summed E-state index contributed by atoms with van der Waals surface area (Å²) < 4.78 is 0. The molecule has 0 saturated heterocycles. The number of aldehydes is 1. The van der Waals surface area contributed by atoms with Crippen molar-refractivity contribution in [3.8, 4) is 0 Å². The van der Waals surface area contributed by atoms with E-state index >= 15 is 0 Å². The Bertz CT molecular complexity index is 704. The summed E-state index contributed by atoms with van der Waals surface area (Å²) in [5.41, 5.74) is 1.68. The van der Waals surface area contributed by atoms with Crippen molar-refractivity contribution in [2.75, 3.05) is 0 Å². The number of hydrogen-bond acceptors (Lipinski definition) is 4. The number of pyridine rings is 1. The van der Waals surface area contributed by atoms with E-state index in [0.29, 0.717) is 12.7 Å². The molecule has 6 heteroatoms. The highest BCUT2D eigenvalue weighted by Gasteiger charge is 2.22. The van der Waals surface area contributed by atoms with E-state index in [4.69, 9.17) is 0 Å². The Kier molecular flexibility index (Phi) is 6.83. The van der Waals surface area contributed by atoms with Gasteiger partial charge in [0.15, 0.2) is 0 Å². The second kappa shape index (κ2) is 9.32. The SMILES string of the molecule is CC(C=O)NC(=O)[C@H](Cc1cccnc1)NC(=O)Cc1ccccc1. The fourth-order valence-corrected chi connectivity index (χ4v) is 2.35. The van der Waals surface area contributed by atoms with E-state index in [2.05, 4.69) is 15.6 Å². The van der Waals surface area contributed by atoms with Crippen LogP contribution in [0.15, 0.2) is 54.9 Å². The Hall–Kier alpha value is -3.02. The number of nitrogens with one attached hydrogen (secondary N) is 2. The Morgan fingerprint density at radius 3 is 2.44 bits per heavy atom. The molecule has 2 rings (SSSR count). The second-order valence-electron chi connectivity index (χ2n) is 5.78. The van der Waals surface area contributed by atoms with E-state index in [1.165, 1.54) is 0 Å². The van der Waals surface area contributed by atoms with Crippen LogP contribution in [0, 0.1) is 0 Å². The third kappa shape index (κ3) is 6.18. The number of aromatic nitrogens is 1. The summed E-state index contributed by atoms with van der Waals surface area (Å²) >= 11 is 0. The molecule has 0 spiro atoms. The molecule has 2 amide bonds. The minimum atomic E-state index is -0.775. The van der Waals surface area contributed by atoms with Crippen LogP contribution in [0.3, 0.4) is 0 Å². The molecule has 1 aromatic heterocycles. The molecule has 6 nitrogen and oxygen atoms in total. The molecule has 0 radical (unpaired) electrons. The maximum Gasteiger partial charge on any atom is 0.243 e. The maximum absolute atomic E-state index is 12.4. The van der Waals surface area contributed by atoms with Crippen LogP contribution in [0.2, 0.25) is 0 Å². The molecule has 0 fully saturated rings. The first-order valence-corrected chi connectivity index (χ1v) is 8.06. The van der Waals surface area contributed by atoms with Crippen LogP contribution in [-0.2, 0) is 27.2 Å². The Morgan fingerprint density at radius 1 is 1.08 bits per heavy atom. The van der Waals surface area contributed by atoms with Crippen molar-refractivity contribution in [3.05, 3.63) is 66.0 Å². The van der Waals surface area contributed by atoms with Crippen LogP contribution >= 0.6 is 0 Å². The van der Waals surface area contributed by atoms with Gasteiger partial charge in [-0.1, -0.05) is 36.4 Å². The molecule has 0 aliphatic carbocycles. The van der Waals surface area contributed by atoms with E-state index < -0.39 is 18.0 Å². The third-order valence-corrected chi connectivity index (χ3v) is 3.60. The zero-order chi connectivity index (χ0) is 18.1. The molecule has 2 atom stereocenters. The van der Waals surface area contributed by atoms with E-state index in [1.54, 1.807) is 25.4 Å². The van der Waals surface area contributed by atoms with E-state index in [-0.39, 0.29) is 12.3 Å². The first kappa shape index (κ1) is 18.3. The van der Waals surface area contributed by atoms with Gasteiger partial charge in [0.05, 0.1) is 12.5 Å². The molecule has 25 heavy (non-hydrogen) atoms. The summed E-state index contributed by atoms with van der Waals surface area (Å²) in [6, 6.07) is 11.5. The highest BCUT2D eigenvalue weighted by Crippen LogP contribution is 2.04. The molecule has 0 aliphatic heterocycles. The van der Waals surface area contributed by atoms with Crippen LogP contribution < -0.4 is 10.6 Å². The lowest BCUT2D eigenvalue weighted by molar-refractivity contribution is -0.129. The molecule has 130 valence electrons. The summed E-state index contributed by atoms with van der Waals surface area (Å²) in [4.78, 5) is 39.5. The normalized spacial score (nSPS) is 12.7. The minimum Gasteiger partial charge on any atom is -0.345 e. The number of carbonyl (C=O) groups is 3. The topological polar surface area (TPSA) is 88.2 Å². The van der Waals surface area contributed by atoms with Crippen LogP contribution in [0.1, 0.15) is 18.1 Å². The summed E-state index contributed by atoms with van der Waals surface area (Å²) in [6.45, 7) is 1.58. The standard InChI is InChI=1S/C19H21N3O3/c1-14(13-23)21-19(25)17(10-16-8-5-9-20-12-16)22-18(24)11-15-6-3-2-4-7-15/h2-9,12-14,17H,10-11H2,1H3,(H,21,25)(H,22,24)/t14?,17-/m0/s1.